The Bertz CT molecular complexity index is 480. The third-order valence-corrected chi connectivity index (χ3v) is 3.38. The van der Waals surface area contributed by atoms with Crippen LogP contribution in [0.4, 0.5) is 0 Å². The smallest absolute Gasteiger partial charge is 0.548 e. The molecule has 1 atom stereocenters. The molecule has 0 radical (unpaired) electrons. The molecule has 0 heterocycles. The molecule has 0 aliphatic rings. The molecular formula is C18H26NNaO6. The molecule has 1 unspecified atom stereocenters. The number of rotatable bonds is 13. The van der Waals surface area contributed by atoms with Gasteiger partial charge in [-0.25, -0.2) is 0 Å². The molecule has 0 aromatic heterocycles. The van der Waals surface area contributed by atoms with Gasteiger partial charge in [0.25, 0.3) is 0 Å². The molecule has 0 N–H and O–H groups in total. The molecule has 0 spiro atoms. The minimum atomic E-state index is -1.67. The standard InChI is InChI=1S/C18H27NO6.Na/c1-4-7-9-11-15(20)19(16(21)12-10-8-5-2)14(18(23)24)13-17(22)25-6-3;/h4-5,14H,1-2,6-13H2,3H3,(H,23,24);/q;+1/p-1. The van der Waals surface area contributed by atoms with E-state index in [9.17, 15) is 24.3 Å². The molecule has 0 fully saturated rings. The summed E-state index contributed by atoms with van der Waals surface area (Å²) < 4.78 is 4.72. The Morgan fingerprint density at radius 1 is 1.04 bits per heavy atom. The molecule has 0 rings (SSSR count). The van der Waals surface area contributed by atoms with E-state index in [-0.39, 0.29) is 49.0 Å². The van der Waals surface area contributed by atoms with E-state index in [2.05, 4.69) is 13.2 Å². The number of nitrogens with zero attached hydrogens (tertiary/aromatic N) is 1. The molecule has 0 saturated carbocycles. The van der Waals surface area contributed by atoms with Crippen LogP contribution in [0.15, 0.2) is 25.3 Å². The summed E-state index contributed by atoms with van der Waals surface area (Å²) in [6, 6.07) is -1.67. The summed E-state index contributed by atoms with van der Waals surface area (Å²) in [5.41, 5.74) is 0. The largest absolute Gasteiger partial charge is 1.00 e. The van der Waals surface area contributed by atoms with E-state index < -0.39 is 36.2 Å². The number of allylic oxidation sites excluding steroid dienone is 2. The van der Waals surface area contributed by atoms with Gasteiger partial charge in [-0.2, -0.15) is 0 Å². The summed E-state index contributed by atoms with van der Waals surface area (Å²) >= 11 is 0. The van der Waals surface area contributed by atoms with Gasteiger partial charge in [-0.3, -0.25) is 19.3 Å². The average molecular weight is 375 g/mol. The zero-order valence-corrected chi connectivity index (χ0v) is 17.7. The van der Waals surface area contributed by atoms with Gasteiger partial charge in [0.1, 0.15) is 0 Å². The van der Waals surface area contributed by atoms with Crippen LogP contribution in [0.5, 0.6) is 0 Å². The van der Waals surface area contributed by atoms with Crippen LogP contribution >= 0.6 is 0 Å². The van der Waals surface area contributed by atoms with Crippen LogP contribution in [0, 0.1) is 0 Å². The molecule has 8 heteroatoms. The molecular weight excluding hydrogens is 349 g/mol. The number of amides is 2. The molecule has 0 aromatic rings. The Morgan fingerprint density at radius 3 is 1.85 bits per heavy atom. The van der Waals surface area contributed by atoms with E-state index in [1.54, 1.807) is 19.1 Å². The topological polar surface area (TPSA) is 104 Å². The summed E-state index contributed by atoms with van der Waals surface area (Å²) in [5.74, 6) is -3.77. The number of carboxylic acid groups (broad SMARTS) is 1. The van der Waals surface area contributed by atoms with Crippen molar-refractivity contribution in [3.63, 3.8) is 0 Å². The average Bonchev–Trinajstić information content (AvgIpc) is 2.54. The van der Waals surface area contributed by atoms with Crippen LogP contribution in [0.1, 0.15) is 51.9 Å². The number of hydrogen-bond acceptors (Lipinski definition) is 6. The summed E-state index contributed by atoms with van der Waals surface area (Å²) in [7, 11) is 0. The summed E-state index contributed by atoms with van der Waals surface area (Å²) in [6.45, 7) is 8.73. The number of carboxylic acids is 1. The molecule has 2 amide bonds. The van der Waals surface area contributed by atoms with E-state index in [0.717, 1.165) is 0 Å². The van der Waals surface area contributed by atoms with Crippen LogP contribution in [0.25, 0.3) is 0 Å². The third-order valence-electron chi connectivity index (χ3n) is 3.38. The molecule has 0 bridgehead atoms. The quantitative estimate of drug-likeness (QED) is 0.162. The summed E-state index contributed by atoms with van der Waals surface area (Å²) in [4.78, 5) is 48.5. The van der Waals surface area contributed by atoms with Crippen molar-refractivity contribution in [2.75, 3.05) is 6.61 Å². The minimum absolute atomic E-state index is 0. The molecule has 0 aliphatic carbocycles. The Hall–Kier alpha value is -1.44. The molecule has 0 aromatic carbocycles. The molecule has 26 heavy (non-hydrogen) atoms. The van der Waals surface area contributed by atoms with Crippen molar-refractivity contribution in [3.05, 3.63) is 25.3 Å². The van der Waals surface area contributed by atoms with Gasteiger partial charge in [0.15, 0.2) is 0 Å². The van der Waals surface area contributed by atoms with Gasteiger partial charge in [-0.1, -0.05) is 12.2 Å². The fourth-order valence-corrected chi connectivity index (χ4v) is 2.18. The number of aliphatic carboxylic acids is 1. The molecule has 0 saturated heterocycles. The van der Waals surface area contributed by atoms with Crippen LogP contribution in [-0.2, 0) is 23.9 Å². The monoisotopic (exact) mass is 375 g/mol. The van der Waals surface area contributed by atoms with Gasteiger partial charge in [0.2, 0.25) is 11.8 Å². The number of ether oxygens (including phenoxy) is 1. The van der Waals surface area contributed by atoms with Gasteiger partial charge in [-0.05, 0) is 32.6 Å². The maximum absolute atomic E-state index is 12.4. The van der Waals surface area contributed by atoms with Crippen molar-refractivity contribution in [2.45, 2.75) is 57.9 Å². The van der Waals surface area contributed by atoms with Gasteiger partial charge in [0.05, 0.1) is 25.0 Å². The first kappa shape index (κ1) is 26.8. The van der Waals surface area contributed by atoms with Crippen molar-refractivity contribution in [3.8, 4) is 0 Å². The SMILES string of the molecule is C=CCCCC(=O)N(C(=O)CCCC=C)C(CC(=O)OCC)C(=O)[O-].[Na+]. The van der Waals surface area contributed by atoms with Gasteiger partial charge in [0, 0.05) is 12.8 Å². The first-order valence-corrected chi connectivity index (χ1v) is 8.32. The fourth-order valence-electron chi connectivity index (χ4n) is 2.18. The number of imide groups is 1. The summed E-state index contributed by atoms with van der Waals surface area (Å²) in [6.07, 6.45) is 4.54. The maximum Gasteiger partial charge on any atom is 1.00 e. The van der Waals surface area contributed by atoms with Crippen LogP contribution in [0.2, 0.25) is 0 Å². The van der Waals surface area contributed by atoms with Crippen LogP contribution in [-0.4, -0.2) is 41.3 Å². The van der Waals surface area contributed by atoms with Gasteiger partial charge in [-0.15, -0.1) is 13.2 Å². The van der Waals surface area contributed by atoms with Crippen molar-refractivity contribution < 1.29 is 58.6 Å². The predicted octanol–water partition coefficient (Wildman–Crippen LogP) is -1.87. The zero-order chi connectivity index (χ0) is 19.2. The van der Waals surface area contributed by atoms with Crippen molar-refractivity contribution in [2.24, 2.45) is 0 Å². The Balaban J connectivity index is 0. The normalized spacial score (nSPS) is 10.8. The number of carbonyl (C=O) groups is 4. The Morgan fingerprint density at radius 2 is 1.50 bits per heavy atom. The van der Waals surface area contributed by atoms with Gasteiger partial charge < -0.3 is 14.6 Å². The minimum Gasteiger partial charge on any atom is -0.548 e. The second-order valence-electron chi connectivity index (χ2n) is 5.36. The second-order valence-corrected chi connectivity index (χ2v) is 5.36. The van der Waals surface area contributed by atoms with Crippen molar-refractivity contribution in [1.82, 2.24) is 4.90 Å². The number of unbranched alkanes of at least 4 members (excludes halogenated alkanes) is 2. The molecule has 7 nitrogen and oxygen atoms in total. The Kier molecular flexibility index (Phi) is 16.3. The first-order chi connectivity index (χ1) is 11.9. The third kappa shape index (κ3) is 10.5. The fraction of sp³-hybridized carbons (Fsp3) is 0.556. The molecule has 0 aliphatic heterocycles. The van der Waals surface area contributed by atoms with Crippen molar-refractivity contribution >= 4 is 23.8 Å². The first-order valence-electron chi connectivity index (χ1n) is 8.32. The predicted molar refractivity (Wildman–Crippen MR) is 90.0 cm³/mol. The van der Waals surface area contributed by atoms with Gasteiger partial charge >= 0.3 is 35.5 Å². The second kappa shape index (κ2) is 15.8. The van der Waals surface area contributed by atoms with Crippen molar-refractivity contribution in [1.29, 1.82) is 0 Å². The number of hydrogen-bond donors (Lipinski definition) is 0. The maximum atomic E-state index is 12.4. The van der Waals surface area contributed by atoms with E-state index in [0.29, 0.717) is 30.6 Å². The zero-order valence-electron chi connectivity index (χ0n) is 15.7. The Labute approximate surface area is 176 Å². The summed E-state index contributed by atoms with van der Waals surface area (Å²) in [5, 5.41) is 11.5. The van der Waals surface area contributed by atoms with Crippen LogP contribution < -0.4 is 34.7 Å². The number of carbonyl (C=O) groups excluding carboxylic acids is 4. The van der Waals surface area contributed by atoms with Crippen LogP contribution in [0.3, 0.4) is 0 Å². The van der Waals surface area contributed by atoms with E-state index in [1.807, 2.05) is 0 Å². The van der Waals surface area contributed by atoms with E-state index in [4.69, 9.17) is 4.74 Å². The number of esters is 1. The van der Waals surface area contributed by atoms with E-state index >= 15 is 0 Å². The molecule has 140 valence electrons. The van der Waals surface area contributed by atoms with E-state index in [1.165, 1.54) is 0 Å².